The Morgan fingerprint density at radius 3 is 1.87 bits per heavy atom. The molecule has 0 amide bonds. The van der Waals surface area contributed by atoms with Gasteiger partial charge in [-0.05, 0) is 35.4 Å². The van der Waals surface area contributed by atoms with E-state index in [4.69, 9.17) is 25.8 Å². The van der Waals surface area contributed by atoms with Gasteiger partial charge in [0.2, 0.25) is 0 Å². The van der Waals surface area contributed by atoms with Gasteiger partial charge in [0.1, 0.15) is 37.5 Å². The predicted octanol–water partition coefficient (Wildman–Crippen LogP) is 4.27. The molecule has 2 rings (SSSR count). The lowest BCUT2D eigenvalue weighted by Gasteiger charge is -2.26. The van der Waals surface area contributed by atoms with E-state index in [1.165, 1.54) is 6.92 Å². The number of esters is 1. The number of rotatable bonds is 11. The minimum absolute atomic E-state index is 0.0430. The van der Waals surface area contributed by atoms with Crippen LogP contribution >= 0.6 is 11.6 Å². The van der Waals surface area contributed by atoms with Gasteiger partial charge >= 0.3 is 5.97 Å². The van der Waals surface area contributed by atoms with E-state index in [0.29, 0.717) is 11.5 Å². The Balaban J connectivity index is 2.01. The molecule has 5 nitrogen and oxygen atoms in total. The highest BCUT2D eigenvalue weighted by Gasteiger charge is 2.23. The second-order valence-electron chi connectivity index (χ2n) is 7.49. The molecule has 2 atom stereocenters. The largest absolute Gasteiger partial charge is 0.491 e. The lowest BCUT2D eigenvalue weighted by Crippen LogP contribution is -2.26. The maximum Gasteiger partial charge on any atom is 0.303 e. The Morgan fingerprint density at radius 1 is 1.00 bits per heavy atom. The Labute approximate surface area is 181 Å². The van der Waals surface area contributed by atoms with Gasteiger partial charge in [-0.2, -0.15) is 0 Å². The van der Waals surface area contributed by atoms with Crippen molar-refractivity contribution in [2.45, 2.75) is 38.4 Å². The quantitative estimate of drug-likeness (QED) is 0.419. The van der Waals surface area contributed by atoms with Crippen LogP contribution in [0.25, 0.3) is 0 Å². The molecule has 164 valence electrons. The van der Waals surface area contributed by atoms with Crippen LogP contribution in [0.5, 0.6) is 11.5 Å². The van der Waals surface area contributed by atoms with E-state index in [9.17, 15) is 14.3 Å². The fourth-order valence-electron chi connectivity index (χ4n) is 2.87. The molecule has 7 heteroatoms. The molecule has 0 bridgehead atoms. The van der Waals surface area contributed by atoms with Crippen molar-refractivity contribution in [3.63, 3.8) is 0 Å². The van der Waals surface area contributed by atoms with Crippen LogP contribution in [0.1, 0.15) is 31.9 Å². The van der Waals surface area contributed by atoms with E-state index in [-0.39, 0.29) is 24.5 Å². The van der Waals surface area contributed by atoms with Gasteiger partial charge in [0.05, 0.1) is 5.88 Å². The number of carbonyl (C=O) groups excluding carboxylic acids is 1. The lowest BCUT2D eigenvalue weighted by molar-refractivity contribution is -0.148. The third kappa shape index (κ3) is 6.89. The summed E-state index contributed by atoms with van der Waals surface area (Å²) in [6, 6.07) is 15.2. The summed E-state index contributed by atoms with van der Waals surface area (Å²) in [6.45, 7) is 4.76. The number of carbonyl (C=O) groups is 1. The number of aliphatic hydroxyl groups excluding tert-OH is 1. The van der Waals surface area contributed by atoms with Gasteiger partial charge in [0, 0.05) is 12.3 Å². The second-order valence-corrected chi connectivity index (χ2v) is 7.80. The normalized spacial score (nSPS) is 13.4. The van der Waals surface area contributed by atoms with Gasteiger partial charge in [-0.3, -0.25) is 4.79 Å². The van der Waals surface area contributed by atoms with Crippen LogP contribution in [0.4, 0.5) is 4.39 Å². The summed E-state index contributed by atoms with van der Waals surface area (Å²) in [4.78, 5) is 10.9. The van der Waals surface area contributed by atoms with Gasteiger partial charge in [0.25, 0.3) is 0 Å². The van der Waals surface area contributed by atoms with Gasteiger partial charge < -0.3 is 19.3 Å². The molecule has 0 heterocycles. The monoisotopic (exact) mass is 438 g/mol. The van der Waals surface area contributed by atoms with Crippen LogP contribution in [-0.2, 0) is 14.9 Å². The first kappa shape index (κ1) is 24.0. The summed E-state index contributed by atoms with van der Waals surface area (Å²) >= 11 is 5.57. The molecule has 0 unspecified atom stereocenters. The molecule has 0 aliphatic rings. The van der Waals surface area contributed by atoms with Crippen molar-refractivity contribution in [3.8, 4) is 11.5 Å². The van der Waals surface area contributed by atoms with Gasteiger partial charge in [0.15, 0.2) is 6.10 Å². The smallest absolute Gasteiger partial charge is 0.303 e. The standard InChI is InChI=1S/C23H28ClFO5/c1-16(26)30-22(13-25)15-29-21-10-6-18(7-11-21)23(2,3)17-4-8-20(9-5-17)28-14-19(27)12-24/h4-11,19,22,27H,12-15H2,1-3H3/t19-,22+/m0/s1. The van der Waals surface area contributed by atoms with Crippen molar-refractivity contribution in [2.24, 2.45) is 0 Å². The second kappa shape index (κ2) is 11.2. The number of aliphatic hydroxyl groups is 1. The third-order valence-corrected chi connectivity index (χ3v) is 5.07. The number of halogens is 2. The summed E-state index contributed by atoms with van der Waals surface area (Å²) < 4.78 is 28.8. The van der Waals surface area contributed by atoms with E-state index < -0.39 is 24.9 Å². The zero-order chi connectivity index (χ0) is 22.1. The van der Waals surface area contributed by atoms with Gasteiger partial charge in [-0.1, -0.05) is 38.1 Å². The Hall–Kier alpha value is -2.31. The predicted molar refractivity (Wildman–Crippen MR) is 114 cm³/mol. The Bertz CT molecular complexity index is 792. The highest BCUT2D eigenvalue weighted by atomic mass is 35.5. The molecule has 0 saturated carbocycles. The highest BCUT2D eigenvalue weighted by molar-refractivity contribution is 6.18. The molecule has 2 aromatic rings. The van der Waals surface area contributed by atoms with Crippen molar-refractivity contribution in [3.05, 3.63) is 59.7 Å². The Kier molecular flexibility index (Phi) is 8.93. The Morgan fingerprint density at radius 2 is 1.47 bits per heavy atom. The molecule has 0 saturated heterocycles. The van der Waals surface area contributed by atoms with Crippen LogP contribution in [0.2, 0.25) is 0 Å². The zero-order valence-corrected chi connectivity index (χ0v) is 18.2. The van der Waals surface area contributed by atoms with E-state index in [0.717, 1.165) is 11.1 Å². The maximum atomic E-state index is 12.9. The number of alkyl halides is 2. The van der Waals surface area contributed by atoms with Crippen molar-refractivity contribution in [1.29, 1.82) is 0 Å². The van der Waals surface area contributed by atoms with E-state index in [1.807, 2.05) is 48.5 Å². The number of hydrogen-bond acceptors (Lipinski definition) is 5. The minimum Gasteiger partial charge on any atom is -0.491 e. The molecular formula is C23H28ClFO5. The number of ether oxygens (including phenoxy) is 3. The van der Waals surface area contributed by atoms with Crippen LogP contribution in [0, 0.1) is 0 Å². The highest BCUT2D eigenvalue weighted by Crippen LogP contribution is 2.33. The SMILES string of the molecule is CC(=O)O[C@H](CF)COc1ccc(C(C)(C)c2ccc(OC[C@@H](O)CCl)cc2)cc1. The first-order valence-corrected chi connectivity index (χ1v) is 10.2. The number of benzene rings is 2. The maximum absolute atomic E-state index is 12.9. The summed E-state index contributed by atoms with van der Waals surface area (Å²) in [5, 5.41) is 9.49. The molecule has 1 N–H and O–H groups in total. The zero-order valence-electron chi connectivity index (χ0n) is 17.4. The fraction of sp³-hybridized carbons (Fsp3) is 0.435. The first-order chi connectivity index (χ1) is 14.3. The summed E-state index contributed by atoms with van der Waals surface area (Å²) in [7, 11) is 0. The molecule has 2 aromatic carbocycles. The molecule has 0 spiro atoms. The van der Waals surface area contributed by atoms with Crippen molar-refractivity contribution < 1.29 is 28.5 Å². The topological polar surface area (TPSA) is 65.0 Å². The third-order valence-electron chi connectivity index (χ3n) is 4.71. The molecule has 0 aliphatic heterocycles. The molecular weight excluding hydrogens is 411 g/mol. The average Bonchev–Trinajstić information content (AvgIpc) is 2.75. The van der Waals surface area contributed by atoms with E-state index >= 15 is 0 Å². The average molecular weight is 439 g/mol. The van der Waals surface area contributed by atoms with Crippen LogP contribution in [0.3, 0.4) is 0 Å². The van der Waals surface area contributed by atoms with Gasteiger partial charge in [-0.15, -0.1) is 11.6 Å². The van der Waals surface area contributed by atoms with Crippen molar-refractivity contribution in [1.82, 2.24) is 0 Å². The first-order valence-electron chi connectivity index (χ1n) is 9.70. The van der Waals surface area contributed by atoms with Crippen molar-refractivity contribution in [2.75, 3.05) is 25.8 Å². The summed E-state index contributed by atoms with van der Waals surface area (Å²) in [6.07, 6.45) is -1.61. The number of hydrogen-bond donors (Lipinski definition) is 1. The van der Waals surface area contributed by atoms with E-state index in [1.54, 1.807) is 0 Å². The fourth-order valence-corrected chi connectivity index (χ4v) is 2.96. The summed E-state index contributed by atoms with van der Waals surface area (Å²) in [5.41, 5.74) is 1.89. The molecule has 0 aliphatic carbocycles. The van der Waals surface area contributed by atoms with Crippen molar-refractivity contribution >= 4 is 17.6 Å². The van der Waals surface area contributed by atoms with Crippen LogP contribution in [-0.4, -0.2) is 49.1 Å². The van der Waals surface area contributed by atoms with Gasteiger partial charge in [-0.25, -0.2) is 4.39 Å². The lowest BCUT2D eigenvalue weighted by atomic mass is 9.78. The van der Waals surface area contributed by atoms with E-state index in [2.05, 4.69) is 13.8 Å². The summed E-state index contributed by atoms with van der Waals surface area (Å²) in [5.74, 6) is 0.827. The molecule has 30 heavy (non-hydrogen) atoms. The minimum atomic E-state index is -0.912. The van der Waals surface area contributed by atoms with Crippen LogP contribution in [0.15, 0.2) is 48.5 Å². The molecule has 0 aromatic heterocycles. The molecule has 0 fully saturated rings. The van der Waals surface area contributed by atoms with Crippen LogP contribution < -0.4 is 9.47 Å². The molecule has 0 radical (unpaired) electrons.